The van der Waals surface area contributed by atoms with Crippen LogP contribution in [-0.4, -0.2) is 39.6 Å². The Labute approximate surface area is 342 Å². The van der Waals surface area contributed by atoms with E-state index in [9.17, 15) is 24.3 Å². The predicted molar refractivity (Wildman–Crippen MR) is 236 cm³/mol. The molecule has 0 aromatic carbocycles. The Balaban J connectivity index is 3.82. The van der Waals surface area contributed by atoms with E-state index in [2.05, 4.69) is 23.7 Å². The third-order valence-electron chi connectivity index (χ3n) is 11.2. The summed E-state index contributed by atoms with van der Waals surface area (Å²) in [6, 6.07) is -0.905. The number of allylic oxidation sites excluding steroid dienone is 1. The number of phosphoric ester groups is 1. The standard InChI is InChI=1S/C47H94NO6P/c1-3-5-7-9-11-13-15-17-19-21-22-23-24-25-26-27-29-31-33-35-37-39-41-43-47(50)48-45(44-54-55(51,52)53)46(49)42-40-38-36-34-32-30-28-20-18-16-14-12-10-8-6-4-2/h40,42,45-46,49H,3-39,41,43-44H2,1-2H3,(H,48,50)(H2,51,52,53)/b42-40+/t45-,46+/m0/s1. The van der Waals surface area contributed by atoms with Gasteiger partial charge in [0.1, 0.15) is 0 Å². The van der Waals surface area contributed by atoms with Gasteiger partial charge in [-0.05, 0) is 19.3 Å². The molecule has 2 atom stereocenters. The van der Waals surface area contributed by atoms with Crippen LogP contribution < -0.4 is 5.32 Å². The van der Waals surface area contributed by atoms with Crippen molar-refractivity contribution in [3.05, 3.63) is 12.2 Å². The van der Waals surface area contributed by atoms with Crippen molar-refractivity contribution in [2.45, 2.75) is 276 Å². The Kier molecular flexibility index (Phi) is 42.3. The maximum absolute atomic E-state index is 12.6. The van der Waals surface area contributed by atoms with Gasteiger partial charge in [-0.2, -0.15) is 0 Å². The minimum absolute atomic E-state index is 0.220. The minimum Gasteiger partial charge on any atom is -0.387 e. The topological polar surface area (TPSA) is 116 Å². The third-order valence-corrected chi connectivity index (χ3v) is 11.7. The van der Waals surface area contributed by atoms with Gasteiger partial charge in [0.25, 0.3) is 0 Å². The Hall–Kier alpha value is -0.720. The number of carbonyl (C=O) groups is 1. The lowest BCUT2D eigenvalue weighted by atomic mass is 10.0. The maximum Gasteiger partial charge on any atom is 0.469 e. The molecule has 0 fully saturated rings. The highest BCUT2D eigenvalue weighted by atomic mass is 31.2. The monoisotopic (exact) mass is 800 g/mol. The normalized spacial score (nSPS) is 13.2. The van der Waals surface area contributed by atoms with Crippen LogP contribution in [0.4, 0.5) is 0 Å². The second-order valence-electron chi connectivity index (χ2n) is 16.8. The SMILES string of the molecule is CCCCCCCCCCCCCCCC/C=C/[C@@H](O)[C@H](COP(=O)(O)O)NC(=O)CCCCCCCCCCCCCCCCCCCCCCCCC. The van der Waals surface area contributed by atoms with Crippen molar-refractivity contribution in [1.82, 2.24) is 5.32 Å². The molecule has 0 radical (unpaired) electrons. The molecular formula is C47H94NO6P. The molecule has 0 rings (SSSR count). The van der Waals surface area contributed by atoms with E-state index >= 15 is 0 Å². The minimum atomic E-state index is -4.71. The number of aliphatic hydroxyl groups excluding tert-OH is 1. The summed E-state index contributed by atoms with van der Waals surface area (Å²) >= 11 is 0. The van der Waals surface area contributed by atoms with Gasteiger partial charge < -0.3 is 20.2 Å². The predicted octanol–water partition coefficient (Wildman–Crippen LogP) is 14.8. The number of hydrogen-bond acceptors (Lipinski definition) is 4. The molecule has 0 heterocycles. The van der Waals surface area contributed by atoms with E-state index in [1.807, 2.05) is 6.08 Å². The first-order chi connectivity index (χ1) is 26.8. The first kappa shape index (κ1) is 54.3. The largest absolute Gasteiger partial charge is 0.469 e. The van der Waals surface area contributed by atoms with E-state index in [0.717, 1.165) is 38.5 Å². The van der Waals surface area contributed by atoms with Gasteiger partial charge in [-0.15, -0.1) is 0 Å². The first-order valence-corrected chi connectivity index (χ1v) is 25.7. The summed E-state index contributed by atoms with van der Waals surface area (Å²) in [6.07, 6.45) is 52.5. The average molecular weight is 800 g/mol. The number of unbranched alkanes of at least 4 members (excludes halogenated alkanes) is 36. The third kappa shape index (κ3) is 44.2. The fraction of sp³-hybridized carbons (Fsp3) is 0.936. The maximum atomic E-state index is 12.6. The zero-order chi connectivity index (χ0) is 40.3. The molecule has 7 nitrogen and oxygen atoms in total. The molecule has 0 bridgehead atoms. The van der Waals surface area contributed by atoms with E-state index < -0.39 is 26.6 Å². The summed E-state index contributed by atoms with van der Waals surface area (Å²) < 4.78 is 16.0. The lowest BCUT2D eigenvalue weighted by Gasteiger charge is -2.22. The smallest absolute Gasteiger partial charge is 0.387 e. The van der Waals surface area contributed by atoms with Gasteiger partial charge in [0.05, 0.1) is 18.8 Å². The molecule has 0 aromatic heterocycles. The fourth-order valence-corrected chi connectivity index (χ4v) is 7.93. The molecule has 0 aliphatic heterocycles. The number of phosphoric acid groups is 1. The summed E-state index contributed by atoms with van der Waals surface area (Å²) in [4.78, 5) is 31.0. The molecule has 8 heteroatoms. The molecule has 0 unspecified atom stereocenters. The van der Waals surface area contributed by atoms with Crippen LogP contribution in [0.3, 0.4) is 0 Å². The molecule has 1 amide bonds. The Morgan fingerprint density at radius 1 is 0.509 bits per heavy atom. The van der Waals surface area contributed by atoms with Crippen molar-refractivity contribution in [1.29, 1.82) is 0 Å². The summed E-state index contributed by atoms with van der Waals surface area (Å²) in [5.41, 5.74) is 0. The fourth-order valence-electron chi connectivity index (χ4n) is 7.58. The van der Waals surface area contributed by atoms with Crippen LogP contribution in [-0.2, 0) is 13.9 Å². The molecule has 0 aromatic rings. The second kappa shape index (κ2) is 42.9. The van der Waals surface area contributed by atoms with Crippen molar-refractivity contribution < 1.29 is 28.8 Å². The number of nitrogens with one attached hydrogen (secondary N) is 1. The molecular weight excluding hydrogens is 705 g/mol. The van der Waals surface area contributed by atoms with Crippen LogP contribution in [0.15, 0.2) is 12.2 Å². The van der Waals surface area contributed by atoms with E-state index in [4.69, 9.17) is 0 Å². The highest BCUT2D eigenvalue weighted by Crippen LogP contribution is 2.36. The summed E-state index contributed by atoms with van der Waals surface area (Å²) in [5.74, 6) is -0.220. The van der Waals surface area contributed by atoms with Gasteiger partial charge in [-0.3, -0.25) is 9.32 Å². The number of aliphatic hydroxyl groups is 1. The van der Waals surface area contributed by atoms with Gasteiger partial charge in [-0.1, -0.05) is 251 Å². The lowest BCUT2D eigenvalue weighted by molar-refractivity contribution is -0.123. The van der Waals surface area contributed by atoms with E-state index in [1.54, 1.807) is 6.08 Å². The number of carbonyl (C=O) groups excluding carboxylic acids is 1. The van der Waals surface area contributed by atoms with E-state index in [0.29, 0.717) is 6.42 Å². The van der Waals surface area contributed by atoms with Crippen LogP contribution in [0.25, 0.3) is 0 Å². The molecule has 0 aliphatic carbocycles. The molecule has 0 saturated heterocycles. The quantitative estimate of drug-likeness (QED) is 0.0277. The lowest BCUT2D eigenvalue weighted by Crippen LogP contribution is -2.45. The zero-order valence-electron chi connectivity index (χ0n) is 36.6. The Morgan fingerprint density at radius 3 is 1.11 bits per heavy atom. The van der Waals surface area contributed by atoms with Crippen LogP contribution in [0.1, 0.15) is 264 Å². The molecule has 328 valence electrons. The summed E-state index contributed by atoms with van der Waals surface area (Å²) in [5, 5.41) is 13.4. The van der Waals surface area contributed by atoms with Crippen molar-refractivity contribution >= 4 is 13.7 Å². The number of amides is 1. The van der Waals surface area contributed by atoms with Crippen LogP contribution in [0.2, 0.25) is 0 Å². The van der Waals surface area contributed by atoms with Gasteiger partial charge in [0.15, 0.2) is 0 Å². The van der Waals surface area contributed by atoms with Gasteiger partial charge in [0.2, 0.25) is 5.91 Å². The number of hydrogen-bond donors (Lipinski definition) is 4. The van der Waals surface area contributed by atoms with E-state index in [-0.39, 0.29) is 5.91 Å². The zero-order valence-corrected chi connectivity index (χ0v) is 37.5. The van der Waals surface area contributed by atoms with Crippen molar-refractivity contribution in [2.75, 3.05) is 6.61 Å². The van der Waals surface area contributed by atoms with Crippen molar-refractivity contribution in [3.63, 3.8) is 0 Å². The van der Waals surface area contributed by atoms with Crippen LogP contribution in [0.5, 0.6) is 0 Å². The van der Waals surface area contributed by atoms with Crippen LogP contribution in [0, 0.1) is 0 Å². The Morgan fingerprint density at radius 2 is 0.800 bits per heavy atom. The van der Waals surface area contributed by atoms with Crippen molar-refractivity contribution in [2.24, 2.45) is 0 Å². The van der Waals surface area contributed by atoms with Gasteiger partial charge in [-0.25, -0.2) is 4.57 Å². The number of rotatable bonds is 45. The van der Waals surface area contributed by atoms with Gasteiger partial charge in [0, 0.05) is 6.42 Å². The van der Waals surface area contributed by atoms with Crippen molar-refractivity contribution in [3.8, 4) is 0 Å². The molecule has 0 spiro atoms. The molecule has 0 saturated carbocycles. The summed E-state index contributed by atoms with van der Waals surface area (Å²) in [6.45, 7) is 4.11. The van der Waals surface area contributed by atoms with Gasteiger partial charge >= 0.3 is 7.82 Å². The Bertz CT molecular complexity index is 864. The molecule has 4 N–H and O–H groups in total. The molecule has 55 heavy (non-hydrogen) atoms. The second-order valence-corrected chi connectivity index (χ2v) is 18.0. The first-order valence-electron chi connectivity index (χ1n) is 24.1. The highest BCUT2D eigenvalue weighted by Gasteiger charge is 2.24. The molecule has 0 aliphatic rings. The summed E-state index contributed by atoms with van der Waals surface area (Å²) in [7, 11) is -4.71. The van der Waals surface area contributed by atoms with E-state index in [1.165, 1.54) is 205 Å². The van der Waals surface area contributed by atoms with Crippen LogP contribution >= 0.6 is 7.82 Å². The average Bonchev–Trinajstić information content (AvgIpc) is 3.16. The highest BCUT2D eigenvalue weighted by molar-refractivity contribution is 7.46.